The van der Waals surface area contributed by atoms with E-state index in [0.29, 0.717) is 12.8 Å². The molecule has 1 aliphatic rings. The van der Waals surface area contributed by atoms with Crippen LogP contribution in [-0.2, 0) is 16.0 Å². The number of ether oxygens (including phenoxy) is 1. The number of hydrogen-bond donors (Lipinski definition) is 1. The fourth-order valence-electron chi connectivity index (χ4n) is 2.11. The quantitative estimate of drug-likeness (QED) is 0.888. The molecular formula is C14H17NO3. The molecule has 1 heterocycles. The van der Waals surface area contributed by atoms with Gasteiger partial charge in [0.25, 0.3) is 0 Å². The average molecular weight is 247 g/mol. The zero-order valence-corrected chi connectivity index (χ0v) is 10.7. The topological polar surface area (TPSA) is 55.4 Å². The molecule has 1 aromatic rings. The second-order valence-electron chi connectivity index (χ2n) is 4.70. The van der Waals surface area contributed by atoms with E-state index in [1.54, 1.807) is 6.92 Å². The van der Waals surface area contributed by atoms with Gasteiger partial charge in [-0.3, -0.25) is 9.59 Å². The predicted molar refractivity (Wildman–Crippen MR) is 68.8 cm³/mol. The van der Waals surface area contributed by atoms with Gasteiger partial charge in [0.15, 0.2) is 0 Å². The van der Waals surface area contributed by atoms with Gasteiger partial charge < -0.3 is 10.1 Å². The molecule has 1 atom stereocenters. The fourth-order valence-corrected chi connectivity index (χ4v) is 2.11. The first-order valence-corrected chi connectivity index (χ1v) is 6.13. The third-order valence-electron chi connectivity index (χ3n) is 2.88. The number of nitrogens with one attached hydrogen (secondary N) is 1. The van der Waals surface area contributed by atoms with E-state index in [9.17, 15) is 9.59 Å². The molecule has 0 aliphatic carbocycles. The molecule has 4 heteroatoms. The van der Waals surface area contributed by atoms with E-state index in [0.717, 1.165) is 23.4 Å². The molecule has 1 amide bonds. The number of rotatable bonds is 4. The monoisotopic (exact) mass is 247 g/mol. The largest absolute Gasteiger partial charge is 0.490 e. The maximum Gasteiger partial charge on any atom is 0.224 e. The van der Waals surface area contributed by atoms with Gasteiger partial charge in [-0.1, -0.05) is 0 Å². The normalized spacial score (nSPS) is 15.6. The number of fused-ring (bicyclic) bond motifs is 1. The Balaban J connectivity index is 2.07. The second-order valence-corrected chi connectivity index (χ2v) is 4.70. The zero-order valence-electron chi connectivity index (χ0n) is 10.7. The lowest BCUT2D eigenvalue weighted by molar-refractivity contribution is -0.118. The summed E-state index contributed by atoms with van der Waals surface area (Å²) in [5, 5.41) is 2.82. The molecule has 0 saturated heterocycles. The molecule has 1 aliphatic heterocycles. The third-order valence-corrected chi connectivity index (χ3v) is 2.88. The van der Waals surface area contributed by atoms with Crippen LogP contribution >= 0.6 is 0 Å². The summed E-state index contributed by atoms with van der Waals surface area (Å²) in [4.78, 5) is 22.2. The highest BCUT2D eigenvalue weighted by Gasteiger charge is 2.15. The van der Waals surface area contributed by atoms with Gasteiger partial charge in [-0.2, -0.15) is 0 Å². The summed E-state index contributed by atoms with van der Waals surface area (Å²) in [5.74, 6) is 0.924. The molecule has 0 aromatic heterocycles. The summed E-state index contributed by atoms with van der Waals surface area (Å²) in [6.07, 6.45) is 1.53. The van der Waals surface area contributed by atoms with Crippen molar-refractivity contribution in [1.29, 1.82) is 0 Å². The minimum Gasteiger partial charge on any atom is -0.490 e. The molecule has 0 spiro atoms. The van der Waals surface area contributed by atoms with Crippen molar-refractivity contribution in [1.82, 2.24) is 0 Å². The Hall–Kier alpha value is -1.84. The Kier molecular flexibility index (Phi) is 3.65. The maximum atomic E-state index is 11.2. The van der Waals surface area contributed by atoms with Crippen molar-refractivity contribution in [3.8, 4) is 5.75 Å². The molecule has 1 aromatic carbocycles. The van der Waals surface area contributed by atoms with Crippen LogP contribution < -0.4 is 10.1 Å². The van der Waals surface area contributed by atoms with Gasteiger partial charge in [0, 0.05) is 18.5 Å². The van der Waals surface area contributed by atoms with E-state index in [-0.39, 0.29) is 17.8 Å². The van der Waals surface area contributed by atoms with Crippen molar-refractivity contribution in [2.75, 3.05) is 5.32 Å². The Morgan fingerprint density at radius 2 is 2.22 bits per heavy atom. The van der Waals surface area contributed by atoms with Gasteiger partial charge in [-0.25, -0.2) is 0 Å². The molecule has 1 N–H and O–H groups in total. The summed E-state index contributed by atoms with van der Waals surface area (Å²) in [7, 11) is 0. The molecule has 4 nitrogen and oxygen atoms in total. The lowest BCUT2D eigenvalue weighted by Crippen LogP contribution is -2.19. The first kappa shape index (κ1) is 12.6. The summed E-state index contributed by atoms with van der Waals surface area (Å²) in [5.41, 5.74) is 1.94. The molecule has 0 saturated carbocycles. The van der Waals surface area contributed by atoms with Gasteiger partial charge >= 0.3 is 0 Å². The molecule has 0 bridgehead atoms. The number of carbonyl (C=O) groups is 2. The number of ketones is 1. The number of hydrogen-bond acceptors (Lipinski definition) is 3. The van der Waals surface area contributed by atoms with Crippen LogP contribution in [0.15, 0.2) is 18.2 Å². The molecule has 2 rings (SSSR count). The fraction of sp³-hybridized carbons (Fsp3) is 0.429. The van der Waals surface area contributed by atoms with Gasteiger partial charge in [0.05, 0.1) is 0 Å². The number of aryl methyl sites for hydroxylation is 1. The van der Waals surface area contributed by atoms with Crippen molar-refractivity contribution in [3.05, 3.63) is 23.8 Å². The second kappa shape index (κ2) is 5.21. The highest BCUT2D eigenvalue weighted by Crippen LogP contribution is 2.27. The number of amides is 1. The Morgan fingerprint density at radius 3 is 2.94 bits per heavy atom. The zero-order chi connectivity index (χ0) is 13.1. The van der Waals surface area contributed by atoms with Crippen LogP contribution in [0.4, 0.5) is 5.69 Å². The number of anilines is 1. The number of benzene rings is 1. The summed E-state index contributed by atoms with van der Waals surface area (Å²) in [6.45, 7) is 3.44. The van der Waals surface area contributed by atoms with Crippen LogP contribution in [0.3, 0.4) is 0 Å². The van der Waals surface area contributed by atoms with E-state index < -0.39 is 0 Å². The summed E-state index contributed by atoms with van der Waals surface area (Å²) in [6, 6.07) is 5.61. The standard InChI is InChI=1S/C14H17NO3/c1-9(16)7-10(2)18-12-4-5-13-11(8-12)3-6-14(17)15-13/h4-5,8,10H,3,6-7H2,1-2H3,(H,15,17). The van der Waals surface area contributed by atoms with Gasteiger partial charge in [-0.05, 0) is 44.0 Å². The molecule has 0 fully saturated rings. The predicted octanol–water partition coefficient (Wildman–Crippen LogP) is 2.32. The Morgan fingerprint density at radius 1 is 1.44 bits per heavy atom. The van der Waals surface area contributed by atoms with Crippen molar-refractivity contribution in [2.24, 2.45) is 0 Å². The highest BCUT2D eigenvalue weighted by atomic mass is 16.5. The van der Waals surface area contributed by atoms with Crippen LogP contribution in [0.25, 0.3) is 0 Å². The number of Topliss-reactive ketones (excluding diaryl/α,β-unsaturated/α-hetero) is 1. The van der Waals surface area contributed by atoms with Gasteiger partial charge in [0.1, 0.15) is 17.6 Å². The first-order valence-electron chi connectivity index (χ1n) is 6.13. The average Bonchev–Trinajstić information content (AvgIpc) is 2.28. The van der Waals surface area contributed by atoms with Crippen LogP contribution in [0.1, 0.15) is 32.3 Å². The first-order chi connectivity index (χ1) is 8.54. The molecular weight excluding hydrogens is 230 g/mol. The lowest BCUT2D eigenvalue weighted by Gasteiger charge is -2.19. The van der Waals surface area contributed by atoms with Crippen LogP contribution in [-0.4, -0.2) is 17.8 Å². The summed E-state index contributed by atoms with van der Waals surface area (Å²) < 4.78 is 5.68. The minimum atomic E-state index is -0.126. The SMILES string of the molecule is CC(=O)CC(C)Oc1ccc2c(c1)CCC(=O)N2. The van der Waals surface area contributed by atoms with Crippen LogP contribution in [0, 0.1) is 0 Å². The smallest absolute Gasteiger partial charge is 0.224 e. The van der Waals surface area contributed by atoms with E-state index in [4.69, 9.17) is 4.74 Å². The molecule has 96 valence electrons. The highest BCUT2D eigenvalue weighted by molar-refractivity contribution is 5.94. The molecule has 18 heavy (non-hydrogen) atoms. The van der Waals surface area contributed by atoms with Crippen molar-refractivity contribution in [3.63, 3.8) is 0 Å². The van der Waals surface area contributed by atoms with Gasteiger partial charge in [-0.15, -0.1) is 0 Å². The third kappa shape index (κ3) is 3.09. The minimum absolute atomic E-state index is 0.0566. The van der Waals surface area contributed by atoms with E-state index in [1.165, 1.54) is 0 Å². The maximum absolute atomic E-state index is 11.2. The van der Waals surface area contributed by atoms with E-state index in [1.807, 2.05) is 25.1 Å². The summed E-state index contributed by atoms with van der Waals surface area (Å²) >= 11 is 0. The van der Waals surface area contributed by atoms with Crippen molar-refractivity contribution < 1.29 is 14.3 Å². The van der Waals surface area contributed by atoms with E-state index >= 15 is 0 Å². The van der Waals surface area contributed by atoms with Crippen LogP contribution in [0.5, 0.6) is 5.75 Å². The van der Waals surface area contributed by atoms with Crippen molar-refractivity contribution >= 4 is 17.4 Å². The van der Waals surface area contributed by atoms with Gasteiger partial charge in [0.2, 0.25) is 5.91 Å². The number of carbonyl (C=O) groups excluding carboxylic acids is 2. The Bertz CT molecular complexity index is 482. The van der Waals surface area contributed by atoms with Crippen LogP contribution in [0.2, 0.25) is 0 Å². The molecule has 0 radical (unpaired) electrons. The Labute approximate surface area is 106 Å². The van der Waals surface area contributed by atoms with Crippen molar-refractivity contribution in [2.45, 2.75) is 39.2 Å². The molecule has 1 unspecified atom stereocenters. The lowest BCUT2D eigenvalue weighted by atomic mass is 10.0. The van der Waals surface area contributed by atoms with E-state index in [2.05, 4.69) is 5.32 Å².